The first-order chi connectivity index (χ1) is 10.7. The summed E-state index contributed by atoms with van der Waals surface area (Å²) in [6.07, 6.45) is 0.843. The highest BCUT2D eigenvalue weighted by Crippen LogP contribution is 2.21. The van der Waals surface area contributed by atoms with E-state index in [4.69, 9.17) is 13.3 Å². The topological polar surface area (TPSA) is 44.8 Å². The van der Waals surface area contributed by atoms with E-state index in [0.29, 0.717) is 19.8 Å². The largest absolute Gasteiger partial charge is 0.500 e. The molecule has 0 heterocycles. The van der Waals surface area contributed by atoms with Gasteiger partial charge in [0, 0.05) is 37.2 Å². The van der Waals surface area contributed by atoms with Crippen LogP contribution in [0.4, 0.5) is 0 Å². The van der Waals surface area contributed by atoms with Crippen molar-refractivity contribution in [3.63, 3.8) is 0 Å². The van der Waals surface area contributed by atoms with Crippen LogP contribution in [0, 0.1) is 0 Å². The zero-order valence-corrected chi connectivity index (χ0v) is 15.5. The maximum Gasteiger partial charge on any atom is 0.500 e. The van der Waals surface area contributed by atoms with Gasteiger partial charge >= 0.3 is 8.80 Å². The Morgan fingerprint density at radius 3 is 2.05 bits per heavy atom. The van der Waals surface area contributed by atoms with Crippen molar-refractivity contribution in [2.45, 2.75) is 33.2 Å². The molecule has 1 rings (SSSR count). The molecule has 0 fully saturated rings. The zero-order valence-electron chi connectivity index (χ0n) is 13.7. The number of thioether (sulfide) groups is 1. The van der Waals surface area contributed by atoms with Crippen LogP contribution in [0.3, 0.4) is 0 Å². The second-order valence-electron chi connectivity index (χ2n) is 4.59. The molecule has 0 spiro atoms. The van der Waals surface area contributed by atoms with E-state index in [2.05, 4.69) is 0 Å². The lowest BCUT2D eigenvalue weighted by Crippen LogP contribution is -2.46. The van der Waals surface area contributed by atoms with Gasteiger partial charge in [0.1, 0.15) is 0 Å². The van der Waals surface area contributed by atoms with Crippen molar-refractivity contribution in [2.75, 3.05) is 25.6 Å². The Morgan fingerprint density at radius 2 is 1.55 bits per heavy atom. The maximum atomic E-state index is 12.0. The summed E-state index contributed by atoms with van der Waals surface area (Å²) < 4.78 is 17.4. The highest BCUT2D eigenvalue weighted by molar-refractivity contribution is 8.14. The summed E-state index contributed by atoms with van der Waals surface area (Å²) in [7, 11) is -2.57. The van der Waals surface area contributed by atoms with E-state index >= 15 is 0 Å². The monoisotopic (exact) mass is 342 g/mol. The van der Waals surface area contributed by atoms with Crippen LogP contribution in [-0.4, -0.2) is 39.5 Å². The second kappa shape index (κ2) is 11.0. The molecule has 0 atom stereocenters. The third-order valence-corrected chi connectivity index (χ3v) is 7.10. The predicted octanol–water partition coefficient (Wildman–Crippen LogP) is 4.00. The summed E-state index contributed by atoms with van der Waals surface area (Å²) in [5.41, 5.74) is 0.746. The molecule has 4 nitrogen and oxygen atoms in total. The van der Waals surface area contributed by atoms with Gasteiger partial charge in [-0.1, -0.05) is 42.1 Å². The van der Waals surface area contributed by atoms with Crippen LogP contribution >= 0.6 is 11.8 Å². The molecule has 0 N–H and O–H groups in total. The lowest BCUT2D eigenvalue weighted by molar-refractivity contribution is 0.0712. The summed E-state index contributed by atoms with van der Waals surface area (Å²) in [4.78, 5) is 12.0. The normalized spacial score (nSPS) is 11.6. The molecule has 0 saturated carbocycles. The summed E-state index contributed by atoms with van der Waals surface area (Å²) in [6.45, 7) is 7.61. The van der Waals surface area contributed by atoms with E-state index < -0.39 is 8.80 Å². The molecule has 1 aromatic carbocycles. The number of hydrogen-bond donors (Lipinski definition) is 0. The second-order valence-corrected chi connectivity index (χ2v) is 8.39. The average molecular weight is 343 g/mol. The lowest BCUT2D eigenvalue weighted by atomic mass is 10.2. The standard InChI is InChI=1S/C16H26O4SSi/c1-4-18-22(19-5-2,20-6-3)14-10-13-21-16(17)15-11-8-7-9-12-15/h7-9,11-12H,4-6,10,13-14H2,1-3H3. The smallest absolute Gasteiger partial charge is 0.374 e. The van der Waals surface area contributed by atoms with Crippen LogP contribution in [-0.2, 0) is 13.3 Å². The minimum atomic E-state index is -2.57. The first kappa shape index (κ1) is 19.4. The van der Waals surface area contributed by atoms with Crippen LogP contribution < -0.4 is 0 Å². The van der Waals surface area contributed by atoms with Crippen molar-refractivity contribution < 1.29 is 18.1 Å². The summed E-state index contributed by atoms with van der Waals surface area (Å²) in [5, 5.41) is 0.108. The molecular weight excluding hydrogens is 316 g/mol. The molecule has 0 bridgehead atoms. The van der Waals surface area contributed by atoms with Gasteiger partial charge < -0.3 is 13.3 Å². The van der Waals surface area contributed by atoms with Gasteiger partial charge in [-0.3, -0.25) is 4.79 Å². The number of carbonyl (C=O) groups excluding carboxylic acids is 1. The van der Waals surface area contributed by atoms with Gasteiger partial charge in [-0.2, -0.15) is 0 Å². The molecule has 6 heteroatoms. The van der Waals surface area contributed by atoms with Crippen LogP contribution in [0.5, 0.6) is 0 Å². The lowest BCUT2D eigenvalue weighted by Gasteiger charge is -2.28. The molecule has 22 heavy (non-hydrogen) atoms. The van der Waals surface area contributed by atoms with E-state index in [1.54, 1.807) is 0 Å². The van der Waals surface area contributed by atoms with Gasteiger partial charge in [0.25, 0.3) is 0 Å². The van der Waals surface area contributed by atoms with E-state index in [1.165, 1.54) is 11.8 Å². The SMILES string of the molecule is CCO[Si](CCCSC(=O)c1ccccc1)(OCC)OCC. The predicted molar refractivity (Wildman–Crippen MR) is 93.3 cm³/mol. The zero-order chi connectivity index (χ0) is 16.3. The third-order valence-electron chi connectivity index (χ3n) is 2.96. The van der Waals surface area contributed by atoms with Crippen LogP contribution in [0.1, 0.15) is 37.6 Å². The minimum Gasteiger partial charge on any atom is -0.374 e. The fourth-order valence-electron chi connectivity index (χ4n) is 2.11. The quantitative estimate of drug-likeness (QED) is 0.449. The van der Waals surface area contributed by atoms with E-state index in [1.807, 2.05) is 51.1 Å². The number of benzene rings is 1. The van der Waals surface area contributed by atoms with Crippen LogP contribution in [0.15, 0.2) is 30.3 Å². The van der Waals surface area contributed by atoms with E-state index in [9.17, 15) is 4.79 Å². The van der Waals surface area contributed by atoms with Crippen LogP contribution in [0.2, 0.25) is 6.04 Å². The van der Waals surface area contributed by atoms with Gasteiger partial charge in [0.05, 0.1) is 0 Å². The average Bonchev–Trinajstić information content (AvgIpc) is 2.53. The van der Waals surface area contributed by atoms with E-state index in [-0.39, 0.29) is 5.12 Å². The van der Waals surface area contributed by atoms with Crippen molar-refractivity contribution in [1.82, 2.24) is 0 Å². The van der Waals surface area contributed by atoms with Gasteiger partial charge in [0.15, 0.2) is 0 Å². The van der Waals surface area contributed by atoms with Crippen molar-refractivity contribution in [3.05, 3.63) is 35.9 Å². The van der Waals surface area contributed by atoms with Gasteiger partial charge in [-0.15, -0.1) is 0 Å². The molecule has 0 aliphatic heterocycles. The summed E-state index contributed by atoms with van der Waals surface area (Å²) >= 11 is 1.34. The fourth-order valence-corrected chi connectivity index (χ4v) is 5.76. The first-order valence-corrected chi connectivity index (χ1v) is 10.7. The molecule has 1 aromatic rings. The van der Waals surface area contributed by atoms with Crippen LogP contribution in [0.25, 0.3) is 0 Å². The minimum absolute atomic E-state index is 0.108. The highest BCUT2D eigenvalue weighted by Gasteiger charge is 2.39. The van der Waals surface area contributed by atoms with Gasteiger partial charge in [-0.25, -0.2) is 0 Å². The highest BCUT2D eigenvalue weighted by atomic mass is 32.2. The molecule has 0 aliphatic carbocycles. The van der Waals surface area contributed by atoms with Gasteiger partial charge in [-0.05, 0) is 27.2 Å². The Kier molecular flexibility index (Phi) is 9.66. The van der Waals surface area contributed by atoms with Crippen molar-refractivity contribution in [2.24, 2.45) is 0 Å². The van der Waals surface area contributed by atoms with Crippen molar-refractivity contribution >= 4 is 25.7 Å². The Labute approximate surface area is 138 Å². The Bertz CT molecular complexity index is 410. The first-order valence-electron chi connectivity index (χ1n) is 7.81. The molecule has 0 radical (unpaired) electrons. The maximum absolute atomic E-state index is 12.0. The molecular formula is C16H26O4SSi. The Hall–Kier alpha value is -0.663. The Morgan fingerprint density at radius 1 is 1.00 bits per heavy atom. The third kappa shape index (κ3) is 6.62. The molecule has 0 aromatic heterocycles. The van der Waals surface area contributed by atoms with Gasteiger partial charge in [0.2, 0.25) is 5.12 Å². The Balaban J connectivity index is 2.43. The summed E-state index contributed by atoms with van der Waals surface area (Å²) in [6, 6.07) is 10.1. The van der Waals surface area contributed by atoms with Crippen molar-refractivity contribution in [3.8, 4) is 0 Å². The number of hydrogen-bond acceptors (Lipinski definition) is 5. The molecule has 0 aliphatic rings. The van der Waals surface area contributed by atoms with E-state index in [0.717, 1.165) is 23.8 Å². The number of rotatable bonds is 11. The fraction of sp³-hybridized carbons (Fsp3) is 0.562. The summed E-state index contributed by atoms with van der Waals surface area (Å²) in [5.74, 6) is 0.746. The molecule has 0 saturated heterocycles. The number of carbonyl (C=O) groups is 1. The molecule has 0 amide bonds. The molecule has 124 valence electrons. The molecule has 0 unspecified atom stereocenters. The van der Waals surface area contributed by atoms with Crippen molar-refractivity contribution in [1.29, 1.82) is 0 Å².